The largest absolute Gasteiger partial charge is 0.481 e. The molecule has 0 bridgehead atoms. The van der Waals surface area contributed by atoms with Crippen LogP contribution in [0.2, 0.25) is 0 Å². The van der Waals surface area contributed by atoms with E-state index in [1.165, 1.54) is 18.7 Å². The Kier molecular flexibility index (Phi) is 4.61. The Bertz CT molecular complexity index is 774. The number of ether oxygens (including phenoxy) is 2. The molecule has 1 amide bonds. The molecule has 1 N–H and O–H groups in total. The van der Waals surface area contributed by atoms with Crippen molar-refractivity contribution < 1.29 is 14.3 Å². The second-order valence-corrected chi connectivity index (χ2v) is 6.46. The molecule has 4 heterocycles. The minimum absolute atomic E-state index is 0.140. The summed E-state index contributed by atoms with van der Waals surface area (Å²) < 4.78 is 11.1. The van der Waals surface area contributed by atoms with E-state index in [-0.39, 0.29) is 17.9 Å². The van der Waals surface area contributed by atoms with Crippen LogP contribution in [0.4, 0.5) is 5.82 Å². The molecule has 4 rings (SSSR count). The van der Waals surface area contributed by atoms with E-state index in [9.17, 15) is 4.79 Å². The van der Waals surface area contributed by atoms with Gasteiger partial charge in [-0.15, -0.1) is 0 Å². The predicted molar refractivity (Wildman–Crippen MR) is 91.9 cm³/mol. The van der Waals surface area contributed by atoms with E-state index in [0.29, 0.717) is 30.5 Å². The van der Waals surface area contributed by atoms with Crippen molar-refractivity contribution in [2.45, 2.75) is 6.10 Å². The van der Waals surface area contributed by atoms with Gasteiger partial charge in [0.1, 0.15) is 12.1 Å². The van der Waals surface area contributed by atoms with Crippen LogP contribution in [0.25, 0.3) is 0 Å². The van der Waals surface area contributed by atoms with Gasteiger partial charge in [-0.3, -0.25) is 4.79 Å². The molecule has 2 fully saturated rings. The summed E-state index contributed by atoms with van der Waals surface area (Å²) in [6, 6.07) is 3.48. The zero-order chi connectivity index (χ0) is 17.9. The molecule has 9 heteroatoms. The Balaban J connectivity index is 1.36. The molecule has 0 unspecified atom stereocenters. The molecule has 0 aromatic carbocycles. The molecular formula is C17H20N6O3. The van der Waals surface area contributed by atoms with Crippen molar-refractivity contribution in [1.82, 2.24) is 25.5 Å². The number of hydrogen-bond donors (Lipinski definition) is 1. The Labute approximate surface area is 150 Å². The maximum absolute atomic E-state index is 12.2. The van der Waals surface area contributed by atoms with Crippen LogP contribution in [0, 0.1) is 11.8 Å². The maximum atomic E-state index is 12.2. The predicted octanol–water partition coefficient (Wildman–Crippen LogP) is 0.156. The van der Waals surface area contributed by atoms with Crippen LogP contribution in [0.3, 0.4) is 0 Å². The molecular weight excluding hydrogens is 336 g/mol. The zero-order valence-corrected chi connectivity index (χ0v) is 14.4. The highest BCUT2D eigenvalue weighted by atomic mass is 16.5. The highest BCUT2D eigenvalue weighted by molar-refractivity contribution is 5.93. The first-order valence-electron chi connectivity index (χ1n) is 8.52. The summed E-state index contributed by atoms with van der Waals surface area (Å²) >= 11 is 0. The molecule has 3 atom stereocenters. The van der Waals surface area contributed by atoms with E-state index in [1.807, 2.05) is 6.07 Å². The topological polar surface area (TPSA) is 102 Å². The van der Waals surface area contributed by atoms with Gasteiger partial charge < -0.3 is 19.7 Å². The Hall–Kier alpha value is -2.81. The second kappa shape index (κ2) is 7.20. The lowest BCUT2D eigenvalue weighted by Crippen LogP contribution is -2.34. The van der Waals surface area contributed by atoms with Crippen LogP contribution in [0.15, 0.2) is 30.9 Å². The van der Waals surface area contributed by atoms with Gasteiger partial charge in [-0.25, -0.2) is 9.97 Å². The Morgan fingerprint density at radius 2 is 2.31 bits per heavy atom. The van der Waals surface area contributed by atoms with Crippen LogP contribution >= 0.6 is 0 Å². The number of anilines is 1. The number of rotatable bonds is 5. The molecule has 2 aliphatic heterocycles. The van der Waals surface area contributed by atoms with E-state index in [2.05, 4.69) is 30.4 Å². The van der Waals surface area contributed by atoms with Gasteiger partial charge in [0.25, 0.3) is 5.91 Å². The number of methoxy groups -OCH3 is 1. The van der Waals surface area contributed by atoms with E-state index in [1.54, 1.807) is 13.2 Å². The van der Waals surface area contributed by atoms with E-state index >= 15 is 0 Å². The van der Waals surface area contributed by atoms with Crippen LogP contribution in [0.1, 0.15) is 10.4 Å². The third kappa shape index (κ3) is 3.30. The van der Waals surface area contributed by atoms with Gasteiger partial charge in [-0.1, -0.05) is 0 Å². The number of aromatic nitrogens is 4. The van der Waals surface area contributed by atoms with Crippen molar-refractivity contribution in [3.05, 3.63) is 36.4 Å². The molecule has 0 aliphatic carbocycles. The van der Waals surface area contributed by atoms with Crippen LogP contribution in [-0.4, -0.2) is 65.5 Å². The quantitative estimate of drug-likeness (QED) is 0.808. The van der Waals surface area contributed by atoms with Crippen molar-refractivity contribution in [2.24, 2.45) is 11.8 Å². The summed E-state index contributed by atoms with van der Waals surface area (Å²) in [7, 11) is 1.59. The van der Waals surface area contributed by atoms with Crippen molar-refractivity contribution in [3.8, 4) is 5.88 Å². The van der Waals surface area contributed by atoms with E-state index in [4.69, 9.17) is 9.47 Å². The summed E-state index contributed by atoms with van der Waals surface area (Å²) in [6.07, 6.45) is 4.63. The molecule has 2 saturated heterocycles. The Morgan fingerprint density at radius 1 is 1.38 bits per heavy atom. The Morgan fingerprint density at radius 3 is 3.12 bits per heavy atom. The number of nitrogens with zero attached hydrogens (tertiary/aromatic N) is 5. The van der Waals surface area contributed by atoms with Crippen molar-refractivity contribution in [2.75, 3.05) is 38.3 Å². The lowest BCUT2D eigenvalue weighted by Gasteiger charge is -2.21. The number of amides is 1. The summed E-state index contributed by atoms with van der Waals surface area (Å²) in [5.74, 6) is 1.86. The van der Waals surface area contributed by atoms with Crippen molar-refractivity contribution >= 4 is 11.7 Å². The smallest absolute Gasteiger partial charge is 0.252 e. The SMILES string of the molecule is COc1cc(N2C[C@H]3[C@@H](CNC(=O)c4ccnnc4)CO[C@H]3C2)ncn1. The fraction of sp³-hybridized carbons (Fsp3) is 0.471. The number of fused-ring (bicyclic) bond motifs is 1. The van der Waals surface area contributed by atoms with Crippen LogP contribution in [0.5, 0.6) is 5.88 Å². The first-order valence-corrected chi connectivity index (χ1v) is 8.52. The lowest BCUT2D eigenvalue weighted by atomic mass is 9.93. The minimum atomic E-state index is -0.140. The average Bonchev–Trinajstić information content (AvgIpc) is 3.28. The van der Waals surface area contributed by atoms with E-state index in [0.717, 1.165) is 18.9 Å². The summed E-state index contributed by atoms with van der Waals surface area (Å²) in [5, 5.41) is 10.4. The third-order valence-electron chi connectivity index (χ3n) is 4.97. The van der Waals surface area contributed by atoms with Gasteiger partial charge >= 0.3 is 0 Å². The normalized spacial score (nSPS) is 24.3. The number of carbonyl (C=O) groups is 1. The monoisotopic (exact) mass is 356 g/mol. The van der Waals surface area contributed by atoms with E-state index < -0.39 is 0 Å². The lowest BCUT2D eigenvalue weighted by molar-refractivity contribution is 0.0939. The highest BCUT2D eigenvalue weighted by Crippen LogP contribution is 2.35. The number of carbonyl (C=O) groups excluding carboxylic acids is 1. The summed E-state index contributed by atoms with van der Waals surface area (Å²) in [4.78, 5) is 22.7. The molecule has 0 spiro atoms. The second-order valence-electron chi connectivity index (χ2n) is 6.46. The molecule has 136 valence electrons. The van der Waals surface area contributed by atoms with Crippen LogP contribution in [-0.2, 0) is 4.74 Å². The fourth-order valence-electron chi connectivity index (χ4n) is 3.56. The first-order chi connectivity index (χ1) is 12.7. The molecule has 0 radical (unpaired) electrons. The molecule has 26 heavy (non-hydrogen) atoms. The van der Waals surface area contributed by atoms with Crippen molar-refractivity contribution in [3.63, 3.8) is 0 Å². The summed E-state index contributed by atoms with van der Waals surface area (Å²) in [5.41, 5.74) is 0.511. The van der Waals surface area contributed by atoms with Gasteiger partial charge in [0.15, 0.2) is 0 Å². The number of nitrogens with one attached hydrogen (secondary N) is 1. The molecule has 2 aromatic rings. The highest BCUT2D eigenvalue weighted by Gasteiger charge is 2.44. The third-order valence-corrected chi connectivity index (χ3v) is 4.97. The molecule has 2 aliphatic rings. The van der Waals surface area contributed by atoms with Gasteiger partial charge in [0.2, 0.25) is 5.88 Å². The van der Waals surface area contributed by atoms with Gasteiger partial charge in [0, 0.05) is 37.5 Å². The fourth-order valence-corrected chi connectivity index (χ4v) is 3.56. The molecule has 2 aromatic heterocycles. The number of hydrogen-bond acceptors (Lipinski definition) is 8. The van der Waals surface area contributed by atoms with Gasteiger partial charge in [0.05, 0.1) is 37.8 Å². The summed E-state index contributed by atoms with van der Waals surface area (Å²) in [6.45, 7) is 2.85. The van der Waals surface area contributed by atoms with Crippen molar-refractivity contribution in [1.29, 1.82) is 0 Å². The first kappa shape index (κ1) is 16.6. The zero-order valence-electron chi connectivity index (χ0n) is 14.4. The molecule has 9 nitrogen and oxygen atoms in total. The maximum Gasteiger partial charge on any atom is 0.252 e. The average molecular weight is 356 g/mol. The standard InChI is InChI=1S/C17H20N6O3/c1-25-16-4-15(19-10-20-16)23-7-13-12(9-26-14(13)8-23)5-18-17(24)11-2-3-21-22-6-11/h2-4,6,10,12-14H,5,7-9H2,1H3,(H,18,24)/t12-,13-,14-/m0/s1. The minimum Gasteiger partial charge on any atom is -0.481 e. The van der Waals surface area contributed by atoms with Gasteiger partial charge in [-0.05, 0) is 6.07 Å². The van der Waals surface area contributed by atoms with Gasteiger partial charge in [-0.2, -0.15) is 10.2 Å². The van der Waals surface area contributed by atoms with Crippen LogP contribution < -0.4 is 15.0 Å². The molecule has 0 saturated carbocycles.